The maximum Gasteiger partial charge on any atom is 0.416 e. The summed E-state index contributed by atoms with van der Waals surface area (Å²) >= 11 is 0. The van der Waals surface area contributed by atoms with E-state index in [0.29, 0.717) is 5.39 Å². The number of benzene rings is 1. The van der Waals surface area contributed by atoms with Gasteiger partial charge in [0.05, 0.1) is 5.56 Å². The lowest BCUT2D eigenvalue weighted by atomic mass is 10.1. The lowest BCUT2D eigenvalue weighted by Crippen LogP contribution is -2.06. The summed E-state index contributed by atoms with van der Waals surface area (Å²) in [6, 6.07) is 3.70. The lowest BCUT2D eigenvalue weighted by molar-refractivity contribution is -0.137. The van der Waals surface area contributed by atoms with E-state index >= 15 is 0 Å². The molecular weight excluding hydrogens is 253 g/mol. The largest absolute Gasteiger partial charge is 0.416 e. The second kappa shape index (κ2) is 4.56. The van der Waals surface area contributed by atoms with E-state index in [4.69, 9.17) is 5.73 Å². The number of hydrogen-bond acceptors (Lipinski definition) is 1. The molecule has 1 atom stereocenters. The van der Waals surface area contributed by atoms with Gasteiger partial charge in [-0.3, -0.25) is 0 Å². The van der Waals surface area contributed by atoms with Crippen LogP contribution in [0.25, 0.3) is 10.9 Å². The van der Waals surface area contributed by atoms with Crippen molar-refractivity contribution in [2.75, 3.05) is 0 Å². The van der Waals surface area contributed by atoms with Crippen molar-refractivity contribution in [2.24, 2.45) is 5.73 Å². The molecule has 0 aliphatic carbocycles. The van der Waals surface area contributed by atoms with Crippen molar-refractivity contribution in [3.8, 4) is 0 Å². The minimum atomic E-state index is -4.33. The third-order valence-corrected chi connectivity index (χ3v) is 3.24. The van der Waals surface area contributed by atoms with Crippen LogP contribution in [0, 0.1) is 0 Å². The highest BCUT2D eigenvalue weighted by molar-refractivity contribution is 5.85. The number of rotatable bonds is 2. The minimum Gasteiger partial charge on any atom is -0.345 e. The van der Waals surface area contributed by atoms with Crippen LogP contribution in [-0.2, 0) is 6.18 Å². The molecule has 1 heterocycles. The summed E-state index contributed by atoms with van der Waals surface area (Å²) in [5, 5.41) is 0.582. The lowest BCUT2D eigenvalue weighted by Gasteiger charge is -2.10. The number of halogens is 3. The minimum absolute atomic E-state index is 0.173. The highest BCUT2D eigenvalue weighted by atomic mass is 19.4. The van der Waals surface area contributed by atoms with Crippen molar-refractivity contribution in [3.05, 3.63) is 35.5 Å². The Kier molecular flexibility index (Phi) is 3.34. The van der Waals surface area contributed by atoms with Crippen molar-refractivity contribution < 1.29 is 13.2 Å². The Morgan fingerprint density at radius 2 is 1.79 bits per heavy atom. The molecule has 19 heavy (non-hydrogen) atoms. The number of nitrogens with zero attached hydrogens (tertiary/aromatic N) is 1. The Morgan fingerprint density at radius 3 is 2.26 bits per heavy atom. The van der Waals surface area contributed by atoms with Gasteiger partial charge in [0.1, 0.15) is 0 Å². The van der Waals surface area contributed by atoms with E-state index in [1.54, 1.807) is 6.92 Å². The summed E-state index contributed by atoms with van der Waals surface area (Å²) in [6.07, 6.45) is -2.48. The first-order valence-corrected chi connectivity index (χ1v) is 6.19. The Labute approximate surface area is 110 Å². The summed E-state index contributed by atoms with van der Waals surface area (Å²) in [5.41, 5.74) is 6.75. The van der Waals surface area contributed by atoms with Gasteiger partial charge in [0.25, 0.3) is 0 Å². The van der Waals surface area contributed by atoms with Gasteiger partial charge < -0.3 is 10.3 Å². The van der Waals surface area contributed by atoms with E-state index in [9.17, 15) is 13.2 Å². The van der Waals surface area contributed by atoms with Gasteiger partial charge in [-0.2, -0.15) is 13.2 Å². The van der Waals surface area contributed by atoms with Crippen LogP contribution in [0.5, 0.6) is 0 Å². The Morgan fingerprint density at radius 1 is 1.16 bits per heavy atom. The predicted molar refractivity (Wildman–Crippen MR) is 69.9 cm³/mol. The van der Waals surface area contributed by atoms with Crippen LogP contribution >= 0.6 is 0 Å². The summed E-state index contributed by atoms with van der Waals surface area (Å²) in [7, 11) is 0. The van der Waals surface area contributed by atoms with Crippen molar-refractivity contribution in [1.29, 1.82) is 0 Å². The van der Waals surface area contributed by atoms with Crippen molar-refractivity contribution in [1.82, 2.24) is 4.57 Å². The van der Waals surface area contributed by atoms with Crippen LogP contribution in [0.2, 0.25) is 0 Å². The Bertz CT molecular complexity index is 594. The highest BCUT2D eigenvalue weighted by Gasteiger charge is 2.31. The molecule has 2 rings (SSSR count). The molecule has 1 aromatic carbocycles. The zero-order valence-electron chi connectivity index (χ0n) is 11.1. The number of hydrogen-bond donors (Lipinski definition) is 1. The second-order valence-corrected chi connectivity index (χ2v) is 5.10. The molecule has 0 amide bonds. The number of aromatic nitrogens is 1. The van der Waals surface area contributed by atoms with Crippen molar-refractivity contribution in [3.63, 3.8) is 0 Å². The Balaban J connectivity index is 2.73. The van der Waals surface area contributed by atoms with Crippen LogP contribution in [0.1, 0.15) is 44.0 Å². The molecule has 2 N–H and O–H groups in total. The molecule has 0 radical (unpaired) electrons. The first kappa shape index (κ1) is 13.9. The van der Waals surface area contributed by atoms with Crippen LogP contribution in [-0.4, -0.2) is 4.57 Å². The highest BCUT2D eigenvalue weighted by Crippen LogP contribution is 2.35. The first-order chi connectivity index (χ1) is 8.71. The zero-order valence-corrected chi connectivity index (χ0v) is 11.1. The average Bonchev–Trinajstić information content (AvgIpc) is 2.66. The van der Waals surface area contributed by atoms with E-state index in [1.165, 1.54) is 12.1 Å². The van der Waals surface area contributed by atoms with E-state index in [2.05, 4.69) is 0 Å². The SMILES string of the molecule is CC(N)c1cn(C(C)C)c2ccc(C(F)(F)F)cc12. The molecule has 0 fully saturated rings. The molecule has 5 heteroatoms. The van der Waals surface area contributed by atoms with Gasteiger partial charge >= 0.3 is 6.18 Å². The molecule has 0 saturated heterocycles. The molecule has 2 nitrogen and oxygen atoms in total. The maximum absolute atomic E-state index is 12.8. The van der Waals surface area contributed by atoms with Crippen molar-refractivity contribution in [2.45, 2.75) is 39.0 Å². The maximum atomic E-state index is 12.8. The summed E-state index contributed by atoms with van der Waals surface area (Å²) in [5.74, 6) is 0. The second-order valence-electron chi connectivity index (χ2n) is 5.10. The smallest absolute Gasteiger partial charge is 0.345 e. The molecule has 0 aliphatic rings. The molecule has 1 aromatic heterocycles. The van der Waals surface area contributed by atoms with Gasteiger partial charge in [-0.1, -0.05) is 0 Å². The topological polar surface area (TPSA) is 30.9 Å². The quantitative estimate of drug-likeness (QED) is 0.868. The van der Waals surface area contributed by atoms with Crippen LogP contribution in [0.15, 0.2) is 24.4 Å². The molecule has 0 aliphatic heterocycles. The van der Waals surface area contributed by atoms with E-state index in [-0.39, 0.29) is 12.1 Å². The average molecular weight is 270 g/mol. The normalized spacial score (nSPS) is 14.3. The fraction of sp³-hybridized carbons (Fsp3) is 0.429. The molecule has 1 unspecified atom stereocenters. The third-order valence-electron chi connectivity index (χ3n) is 3.24. The van der Waals surface area contributed by atoms with E-state index in [0.717, 1.165) is 17.1 Å². The van der Waals surface area contributed by atoms with Crippen LogP contribution < -0.4 is 5.73 Å². The van der Waals surface area contributed by atoms with E-state index < -0.39 is 11.7 Å². The zero-order chi connectivity index (χ0) is 14.4. The van der Waals surface area contributed by atoms with Gasteiger partial charge in [-0.25, -0.2) is 0 Å². The monoisotopic (exact) mass is 270 g/mol. The third kappa shape index (κ3) is 2.47. The van der Waals surface area contributed by atoms with Gasteiger partial charge in [0, 0.05) is 29.2 Å². The van der Waals surface area contributed by atoms with Crippen LogP contribution in [0.3, 0.4) is 0 Å². The fourth-order valence-corrected chi connectivity index (χ4v) is 2.25. The van der Waals surface area contributed by atoms with Gasteiger partial charge in [-0.15, -0.1) is 0 Å². The molecule has 2 aromatic rings. The van der Waals surface area contributed by atoms with Crippen molar-refractivity contribution >= 4 is 10.9 Å². The molecule has 0 spiro atoms. The van der Waals surface area contributed by atoms with Crippen LogP contribution in [0.4, 0.5) is 13.2 Å². The number of nitrogens with two attached hydrogens (primary N) is 1. The van der Waals surface area contributed by atoms with Gasteiger partial charge in [0.15, 0.2) is 0 Å². The van der Waals surface area contributed by atoms with Gasteiger partial charge in [-0.05, 0) is 44.5 Å². The van der Waals surface area contributed by atoms with Gasteiger partial charge in [0.2, 0.25) is 0 Å². The Hall–Kier alpha value is -1.49. The number of fused-ring (bicyclic) bond motifs is 1. The molecule has 104 valence electrons. The summed E-state index contributed by atoms with van der Waals surface area (Å²) in [4.78, 5) is 0. The molecular formula is C14H17F3N2. The number of alkyl halides is 3. The fourth-order valence-electron chi connectivity index (χ4n) is 2.25. The summed E-state index contributed by atoms with van der Waals surface area (Å²) in [6.45, 7) is 5.75. The first-order valence-electron chi connectivity index (χ1n) is 6.19. The van der Waals surface area contributed by atoms with E-state index in [1.807, 2.05) is 24.6 Å². The molecule has 0 bridgehead atoms. The summed E-state index contributed by atoms with van der Waals surface area (Å²) < 4.78 is 40.3. The standard InChI is InChI=1S/C14H17F3N2/c1-8(2)19-7-12(9(3)18)11-6-10(14(15,16)17)4-5-13(11)19/h4-9H,18H2,1-3H3. The molecule has 0 saturated carbocycles. The predicted octanol–water partition coefficient (Wildman–Crippen LogP) is 4.26.